The number of anilines is 1. The van der Waals surface area contributed by atoms with Gasteiger partial charge in [0, 0.05) is 5.02 Å². The van der Waals surface area contributed by atoms with Gasteiger partial charge in [-0.25, -0.2) is 4.79 Å². The van der Waals surface area contributed by atoms with Gasteiger partial charge in [-0.2, -0.15) is 0 Å². The highest BCUT2D eigenvalue weighted by Crippen LogP contribution is 2.21. The number of carboxylic acid groups (broad SMARTS) is 1. The molecule has 0 aliphatic heterocycles. The van der Waals surface area contributed by atoms with Crippen LogP contribution >= 0.6 is 35.4 Å². The monoisotopic (exact) mass is 368 g/mol. The predicted molar refractivity (Wildman–Crippen MR) is 93.6 cm³/mol. The predicted octanol–water partition coefficient (Wildman–Crippen LogP) is 3.82. The molecule has 0 spiro atoms. The number of hydrogen-bond acceptors (Lipinski definition) is 3. The summed E-state index contributed by atoms with van der Waals surface area (Å²) in [7, 11) is 0. The number of carbonyl (C=O) groups excluding carboxylic acids is 1. The molecule has 0 unspecified atom stereocenters. The van der Waals surface area contributed by atoms with Gasteiger partial charge in [0.2, 0.25) is 0 Å². The first-order valence-corrected chi connectivity index (χ1v) is 7.44. The topological polar surface area (TPSA) is 78.4 Å². The van der Waals surface area contributed by atoms with Gasteiger partial charge < -0.3 is 10.4 Å². The number of benzene rings is 2. The van der Waals surface area contributed by atoms with Crippen LogP contribution in [-0.2, 0) is 0 Å². The number of hydrogen-bond donors (Lipinski definition) is 3. The molecule has 0 fully saturated rings. The maximum Gasteiger partial charge on any atom is 0.337 e. The van der Waals surface area contributed by atoms with E-state index in [1.165, 1.54) is 30.3 Å². The fourth-order valence-electron chi connectivity index (χ4n) is 1.78. The number of carbonyl (C=O) groups is 2. The van der Waals surface area contributed by atoms with Gasteiger partial charge in [0.25, 0.3) is 5.91 Å². The zero-order valence-corrected chi connectivity index (χ0v) is 13.8. The summed E-state index contributed by atoms with van der Waals surface area (Å²) in [6.45, 7) is 0. The van der Waals surface area contributed by atoms with Crippen molar-refractivity contribution < 1.29 is 14.7 Å². The Kier molecular flexibility index (Phi) is 5.54. The van der Waals surface area contributed by atoms with Crippen LogP contribution in [0.4, 0.5) is 5.69 Å². The molecular formula is C15H10Cl2N2O3S. The minimum Gasteiger partial charge on any atom is -0.478 e. The van der Waals surface area contributed by atoms with Crippen molar-refractivity contribution in [2.75, 3.05) is 5.32 Å². The Morgan fingerprint density at radius 1 is 1.04 bits per heavy atom. The molecule has 5 nitrogen and oxygen atoms in total. The molecule has 0 bridgehead atoms. The normalized spacial score (nSPS) is 10.0. The van der Waals surface area contributed by atoms with Crippen LogP contribution in [0.2, 0.25) is 10.0 Å². The average Bonchev–Trinajstić information content (AvgIpc) is 2.47. The van der Waals surface area contributed by atoms with Gasteiger partial charge in [0.1, 0.15) is 0 Å². The molecule has 2 rings (SSSR count). The summed E-state index contributed by atoms with van der Waals surface area (Å²) in [5.41, 5.74) is 0.507. The number of halogens is 2. The number of thiocarbonyl (C=S) groups is 1. The lowest BCUT2D eigenvalue weighted by atomic mass is 10.2. The van der Waals surface area contributed by atoms with Crippen LogP contribution in [0.15, 0.2) is 42.5 Å². The molecule has 3 N–H and O–H groups in total. The number of amides is 1. The zero-order chi connectivity index (χ0) is 17.0. The van der Waals surface area contributed by atoms with Crippen LogP contribution < -0.4 is 10.6 Å². The van der Waals surface area contributed by atoms with Gasteiger partial charge in [-0.1, -0.05) is 35.3 Å². The van der Waals surface area contributed by atoms with Crippen molar-refractivity contribution in [2.24, 2.45) is 0 Å². The van der Waals surface area contributed by atoms with E-state index in [2.05, 4.69) is 10.6 Å². The summed E-state index contributed by atoms with van der Waals surface area (Å²) >= 11 is 16.7. The Morgan fingerprint density at radius 3 is 2.39 bits per heavy atom. The zero-order valence-electron chi connectivity index (χ0n) is 11.5. The van der Waals surface area contributed by atoms with E-state index in [9.17, 15) is 9.59 Å². The third-order valence-electron chi connectivity index (χ3n) is 2.81. The van der Waals surface area contributed by atoms with Crippen LogP contribution in [0.1, 0.15) is 20.7 Å². The van der Waals surface area contributed by atoms with Crippen molar-refractivity contribution in [1.82, 2.24) is 5.32 Å². The van der Waals surface area contributed by atoms with Crippen LogP contribution in [-0.4, -0.2) is 22.1 Å². The number of para-hydroxylation sites is 1. The van der Waals surface area contributed by atoms with Gasteiger partial charge in [0.15, 0.2) is 5.11 Å². The van der Waals surface area contributed by atoms with E-state index in [1.807, 2.05) is 0 Å². The lowest BCUT2D eigenvalue weighted by Crippen LogP contribution is -2.34. The molecule has 2 aromatic rings. The molecule has 118 valence electrons. The highest BCUT2D eigenvalue weighted by atomic mass is 35.5. The first-order valence-electron chi connectivity index (χ1n) is 6.28. The highest BCUT2D eigenvalue weighted by molar-refractivity contribution is 7.80. The van der Waals surface area contributed by atoms with Crippen molar-refractivity contribution in [2.45, 2.75) is 0 Å². The van der Waals surface area contributed by atoms with Crippen LogP contribution in [0.25, 0.3) is 0 Å². The van der Waals surface area contributed by atoms with E-state index in [1.54, 1.807) is 12.1 Å². The number of carboxylic acids is 1. The standard InChI is InChI=1S/C15H10Cl2N2O3S/c16-8-5-6-9(11(17)7-8)13(20)19-15(23)18-12-4-2-1-3-10(12)14(21)22/h1-7H,(H,21,22)(H2,18,19,20,23). The van der Waals surface area contributed by atoms with Gasteiger partial charge in [-0.3, -0.25) is 10.1 Å². The lowest BCUT2D eigenvalue weighted by Gasteiger charge is -2.12. The van der Waals surface area contributed by atoms with Crippen molar-refractivity contribution in [3.8, 4) is 0 Å². The first-order chi connectivity index (χ1) is 10.9. The number of aromatic carboxylic acids is 1. The second-order valence-corrected chi connectivity index (χ2v) is 5.64. The molecule has 2 aromatic carbocycles. The average molecular weight is 369 g/mol. The molecule has 0 radical (unpaired) electrons. The van der Waals surface area contributed by atoms with E-state index in [0.717, 1.165) is 0 Å². The molecule has 23 heavy (non-hydrogen) atoms. The van der Waals surface area contributed by atoms with Crippen molar-refractivity contribution in [3.05, 3.63) is 63.6 Å². The van der Waals surface area contributed by atoms with Gasteiger partial charge in [0.05, 0.1) is 21.8 Å². The fraction of sp³-hybridized carbons (Fsp3) is 0. The van der Waals surface area contributed by atoms with E-state index in [4.69, 9.17) is 40.5 Å². The quantitative estimate of drug-likeness (QED) is 0.717. The number of rotatable bonds is 3. The summed E-state index contributed by atoms with van der Waals surface area (Å²) in [5, 5.41) is 14.7. The molecule has 0 aliphatic rings. The third-order valence-corrected chi connectivity index (χ3v) is 3.56. The molecule has 0 heterocycles. The van der Waals surface area contributed by atoms with Crippen molar-refractivity contribution in [1.29, 1.82) is 0 Å². The van der Waals surface area contributed by atoms with Gasteiger partial charge in [-0.15, -0.1) is 0 Å². The molecule has 0 atom stereocenters. The van der Waals surface area contributed by atoms with Crippen LogP contribution in [0.3, 0.4) is 0 Å². The van der Waals surface area contributed by atoms with Crippen molar-refractivity contribution >= 4 is 58.1 Å². The third kappa shape index (κ3) is 4.41. The lowest BCUT2D eigenvalue weighted by molar-refractivity contribution is 0.0698. The Balaban J connectivity index is 2.11. The molecular weight excluding hydrogens is 359 g/mol. The van der Waals surface area contributed by atoms with Gasteiger partial charge >= 0.3 is 5.97 Å². The number of nitrogens with one attached hydrogen (secondary N) is 2. The van der Waals surface area contributed by atoms with Crippen LogP contribution in [0, 0.1) is 0 Å². The largest absolute Gasteiger partial charge is 0.478 e. The summed E-state index contributed by atoms with van der Waals surface area (Å²) in [5.74, 6) is -1.64. The molecule has 8 heteroatoms. The van der Waals surface area contributed by atoms with Crippen molar-refractivity contribution in [3.63, 3.8) is 0 Å². The molecule has 1 amide bonds. The Morgan fingerprint density at radius 2 is 1.74 bits per heavy atom. The Bertz CT molecular complexity index is 796. The van der Waals surface area contributed by atoms with Gasteiger partial charge in [-0.05, 0) is 42.5 Å². The molecule has 0 aliphatic carbocycles. The van der Waals surface area contributed by atoms with E-state index < -0.39 is 11.9 Å². The molecule has 0 saturated carbocycles. The smallest absolute Gasteiger partial charge is 0.337 e. The minimum absolute atomic E-state index is 0.0358. The van der Waals surface area contributed by atoms with E-state index in [0.29, 0.717) is 5.02 Å². The second-order valence-electron chi connectivity index (χ2n) is 4.38. The Labute approximate surface area is 147 Å². The summed E-state index contributed by atoms with van der Waals surface area (Å²) in [4.78, 5) is 23.2. The SMILES string of the molecule is O=C(NC(=S)Nc1ccccc1C(=O)O)c1ccc(Cl)cc1Cl. The summed E-state index contributed by atoms with van der Waals surface area (Å²) < 4.78 is 0. The second kappa shape index (κ2) is 7.41. The maximum atomic E-state index is 12.1. The Hall–Kier alpha value is -2.15. The van der Waals surface area contributed by atoms with E-state index >= 15 is 0 Å². The fourth-order valence-corrected chi connectivity index (χ4v) is 2.47. The minimum atomic E-state index is -1.11. The maximum absolute atomic E-state index is 12.1. The first kappa shape index (κ1) is 17.2. The van der Waals surface area contributed by atoms with E-state index in [-0.39, 0.29) is 26.9 Å². The summed E-state index contributed by atoms with van der Waals surface area (Å²) in [6, 6.07) is 10.6. The van der Waals surface area contributed by atoms with Crippen LogP contribution in [0.5, 0.6) is 0 Å². The highest BCUT2D eigenvalue weighted by Gasteiger charge is 2.14. The summed E-state index contributed by atoms with van der Waals surface area (Å²) in [6.07, 6.45) is 0. The molecule has 0 aromatic heterocycles. The molecule has 0 saturated heterocycles.